The van der Waals surface area contributed by atoms with Gasteiger partial charge in [0, 0.05) is 10.9 Å². The van der Waals surface area contributed by atoms with Crippen LogP contribution in [-0.2, 0) is 0 Å². The number of pyridine rings is 1. The van der Waals surface area contributed by atoms with Gasteiger partial charge in [-0.3, -0.25) is 0 Å². The number of aromatic nitrogens is 1. The molecule has 1 aromatic heterocycles. The fourth-order valence-corrected chi connectivity index (χ4v) is 3.65. The molecule has 0 saturated heterocycles. The molecule has 0 fully saturated rings. The van der Waals surface area contributed by atoms with E-state index in [4.69, 9.17) is 16.3 Å². The van der Waals surface area contributed by atoms with Crippen LogP contribution in [0.3, 0.4) is 0 Å². The predicted octanol–water partition coefficient (Wildman–Crippen LogP) is 4.41. The van der Waals surface area contributed by atoms with Crippen molar-refractivity contribution in [3.8, 4) is 5.75 Å². The van der Waals surface area contributed by atoms with Crippen LogP contribution >= 0.6 is 11.6 Å². The second kappa shape index (κ2) is 6.75. The molecule has 0 radical (unpaired) electrons. The smallest absolute Gasteiger partial charge is 0.131 e. The minimum absolute atomic E-state index is 0.192. The molecule has 2 unspecified atom stereocenters. The van der Waals surface area contributed by atoms with Gasteiger partial charge in [-0.1, -0.05) is 25.4 Å². The van der Waals surface area contributed by atoms with Crippen molar-refractivity contribution in [2.75, 3.05) is 6.54 Å². The Kier molecular flexibility index (Phi) is 4.97. The fraction of sp³-hybridized carbons (Fsp3) is 0.550. The topological polar surface area (TPSA) is 54.4 Å². The summed E-state index contributed by atoms with van der Waals surface area (Å²) < 4.78 is 6.13. The molecule has 2 aromatic rings. The molecule has 1 aliphatic heterocycles. The Morgan fingerprint density at radius 1 is 1.32 bits per heavy atom. The van der Waals surface area contributed by atoms with Crippen molar-refractivity contribution >= 4 is 22.5 Å². The number of nitrogens with one attached hydrogen (secondary N) is 1. The number of aryl methyl sites for hydroxylation is 1. The fourth-order valence-electron chi connectivity index (χ4n) is 3.39. The minimum atomic E-state index is -0.663. The lowest BCUT2D eigenvalue weighted by atomic mass is 9.85. The Hall–Kier alpha value is -1.36. The van der Waals surface area contributed by atoms with Gasteiger partial charge < -0.3 is 15.2 Å². The van der Waals surface area contributed by atoms with E-state index in [2.05, 4.69) is 24.1 Å². The standard InChI is InChI=1S/C20H27ClN2O2/c1-11(2)6-7-22-18-14-9-15-13(12(3)8-17(21)23-15)10-16(14)25-20(4,5)19(18)24/h8-11,18-19,22,24H,6-7H2,1-5H3. The lowest BCUT2D eigenvalue weighted by Gasteiger charge is -2.42. The Morgan fingerprint density at radius 3 is 2.72 bits per heavy atom. The highest BCUT2D eigenvalue weighted by atomic mass is 35.5. The van der Waals surface area contributed by atoms with Crippen molar-refractivity contribution in [1.82, 2.24) is 10.3 Å². The maximum Gasteiger partial charge on any atom is 0.131 e. The van der Waals surface area contributed by atoms with Crippen molar-refractivity contribution in [3.05, 3.63) is 34.5 Å². The van der Waals surface area contributed by atoms with E-state index in [1.807, 2.05) is 39.0 Å². The normalized spacial score (nSPS) is 22.1. The van der Waals surface area contributed by atoms with Gasteiger partial charge in [-0.05, 0) is 63.4 Å². The van der Waals surface area contributed by atoms with E-state index in [0.29, 0.717) is 11.1 Å². The van der Waals surface area contributed by atoms with E-state index >= 15 is 0 Å². The predicted molar refractivity (Wildman–Crippen MR) is 102 cm³/mol. The summed E-state index contributed by atoms with van der Waals surface area (Å²) >= 11 is 6.13. The largest absolute Gasteiger partial charge is 0.485 e. The molecule has 136 valence electrons. The summed E-state index contributed by atoms with van der Waals surface area (Å²) in [5, 5.41) is 15.9. The Morgan fingerprint density at radius 2 is 2.04 bits per heavy atom. The number of fused-ring (bicyclic) bond motifs is 2. The summed E-state index contributed by atoms with van der Waals surface area (Å²) in [5.74, 6) is 1.41. The molecule has 0 amide bonds. The molecule has 2 atom stereocenters. The van der Waals surface area contributed by atoms with Gasteiger partial charge in [-0.2, -0.15) is 0 Å². The number of ether oxygens (including phenoxy) is 1. The maximum absolute atomic E-state index is 10.9. The van der Waals surface area contributed by atoms with Crippen molar-refractivity contribution in [2.45, 2.75) is 58.8 Å². The molecule has 3 rings (SSSR count). The molecule has 0 spiro atoms. The summed E-state index contributed by atoms with van der Waals surface area (Å²) in [6.07, 6.45) is 0.404. The highest BCUT2D eigenvalue weighted by Crippen LogP contribution is 2.42. The van der Waals surface area contributed by atoms with Crippen LogP contribution < -0.4 is 10.1 Å². The van der Waals surface area contributed by atoms with Gasteiger partial charge in [0.15, 0.2) is 0 Å². The molecular formula is C20H27ClN2O2. The molecular weight excluding hydrogens is 336 g/mol. The Labute approximate surface area is 154 Å². The van der Waals surface area contributed by atoms with Crippen LogP contribution in [0.25, 0.3) is 10.9 Å². The molecule has 5 heteroatoms. The monoisotopic (exact) mass is 362 g/mol. The van der Waals surface area contributed by atoms with Crippen LogP contribution in [0, 0.1) is 12.8 Å². The third-order valence-corrected chi connectivity index (χ3v) is 5.13. The SMILES string of the molecule is Cc1cc(Cl)nc2cc3c(cc12)OC(C)(C)C(O)C3NCCC(C)C. The number of aliphatic hydroxyl groups is 1. The Bertz CT molecular complexity index is 789. The number of rotatable bonds is 4. The summed E-state index contributed by atoms with van der Waals surface area (Å²) in [6.45, 7) is 11.1. The zero-order valence-corrected chi connectivity index (χ0v) is 16.3. The van der Waals surface area contributed by atoms with Crippen LogP contribution in [0.2, 0.25) is 5.15 Å². The lowest BCUT2D eigenvalue weighted by Crippen LogP contribution is -2.52. The van der Waals surface area contributed by atoms with E-state index in [-0.39, 0.29) is 6.04 Å². The average Bonchev–Trinajstić information content (AvgIpc) is 2.49. The zero-order valence-electron chi connectivity index (χ0n) is 15.6. The number of halogens is 1. The summed E-state index contributed by atoms with van der Waals surface area (Å²) in [4.78, 5) is 4.45. The van der Waals surface area contributed by atoms with Crippen LogP contribution in [0.4, 0.5) is 0 Å². The first-order valence-corrected chi connectivity index (χ1v) is 9.28. The quantitative estimate of drug-likeness (QED) is 0.791. The van der Waals surface area contributed by atoms with Gasteiger partial charge in [0.2, 0.25) is 0 Å². The number of aliphatic hydroxyl groups excluding tert-OH is 1. The molecule has 2 N–H and O–H groups in total. The van der Waals surface area contributed by atoms with Crippen molar-refractivity contribution < 1.29 is 9.84 Å². The van der Waals surface area contributed by atoms with Gasteiger partial charge in [0.05, 0.1) is 11.6 Å². The van der Waals surface area contributed by atoms with Gasteiger partial charge in [-0.15, -0.1) is 0 Å². The first-order chi connectivity index (χ1) is 11.7. The summed E-state index contributed by atoms with van der Waals surface area (Å²) in [7, 11) is 0. The lowest BCUT2D eigenvalue weighted by molar-refractivity contribution is -0.0644. The van der Waals surface area contributed by atoms with Crippen molar-refractivity contribution in [2.24, 2.45) is 5.92 Å². The van der Waals surface area contributed by atoms with Gasteiger partial charge >= 0.3 is 0 Å². The number of benzene rings is 1. The van der Waals surface area contributed by atoms with Crippen LogP contribution in [0.15, 0.2) is 18.2 Å². The summed E-state index contributed by atoms with van der Waals surface area (Å²) in [6, 6.07) is 5.68. The van der Waals surface area contributed by atoms with E-state index in [1.165, 1.54) is 0 Å². The van der Waals surface area contributed by atoms with Gasteiger partial charge in [0.25, 0.3) is 0 Å². The molecule has 0 saturated carbocycles. The molecule has 1 aromatic carbocycles. The average molecular weight is 363 g/mol. The number of hydrogen-bond donors (Lipinski definition) is 2. The van der Waals surface area contributed by atoms with Crippen molar-refractivity contribution in [3.63, 3.8) is 0 Å². The molecule has 0 aliphatic carbocycles. The second-order valence-corrected chi connectivity index (χ2v) is 8.32. The van der Waals surface area contributed by atoms with Crippen molar-refractivity contribution in [1.29, 1.82) is 0 Å². The highest BCUT2D eigenvalue weighted by Gasteiger charge is 2.42. The first-order valence-electron chi connectivity index (χ1n) is 8.90. The molecule has 25 heavy (non-hydrogen) atoms. The molecule has 1 aliphatic rings. The molecule has 0 bridgehead atoms. The zero-order chi connectivity index (χ0) is 18.4. The van der Waals surface area contributed by atoms with Crippen LogP contribution in [0.1, 0.15) is 51.3 Å². The highest BCUT2D eigenvalue weighted by molar-refractivity contribution is 6.29. The molecule has 4 nitrogen and oxygen atoms in total. The second-order valence-electron chi connectivity index (χ2n) is 7.93. The number of hydrogen-bond acceptors (Lipinski definition) is 4. The van der Waals surface area contributed by atoms with E-state index in [0.717, 1.165) is 40.7 Å². The third kappa shape index (κ3) is 3.62. The first kappa shape index (κ1) is 18.4. The van der Waals surface area contributed by atoms with E-state index < -0.39 is 11.7 Å². The van der Waals surface area contributed by atoms with E-state index in [1.54, 1.807) is 0 Å². The molecule has 2 heterocycles. The maximum atomic E-state index is 10.9. The number of nitrogens with zero attached hydrogens (tertiary/aromatic N) is 1. The third-order valence-electron chi connectivity index (χ3n) is 4.94. The minimum Gasteiger partial charge on any atom is -0.485 e. The Balaban J connectivity index is 2.06. The van der Waals surface area contributed by atoms with Gasteiger partial charge in [0.1, 0.15) is 22.6 Å². The van der Waals surface area contributed by atoms with Gasteiger partial charge in [-0.25, -0.2) is 4.98 Å². The van der Waals surface area contributed by atoms with Crippen LogP contribution in [-0.4, -0.2) is 28.3 Å². The summed E-state index contributed by atoms with van der Waals surface area (Å²) in [5.41, 5.74) is 2.17. The van der Waals surface area contributed by atoms with E-state index in [9.17, 15) is 5.11 Å². The van der Waals surface area contributed by atoms with Crippen LogP contribution in [0.5, 0.6) is 5.75 Å².